The van der Waals surface area contributed by atoms with E-state index in [2.05, 4.69) is 85.0 Å². The Hall–Kier alpha value is -3.54. The molecule has 0 saturated carbocycles. The Morgan fingerprint density at radius 1 is 1.11 bits per heavy atom. The predicted octanol–water partition coefficient (Wildman–Crippen LogP) is 6.51. The van der Waals surface area contributed by atoms with Gasteiger partial charge in [-0.25, -0.2) is 4.98 Å². The average Bonchev–Trinajstić information content (AvgIpc) is 3.29. The Morgan fingerprint density at radius 3 is 2.64 bits per heavy atom. The highest BCUT2D eigenvalue weighted by Crippen LogP contribution is 2.35. The Morgan fingerprint density at radius 2 is 1.89 bits per heavy atom. The van der Waals surface area contributed by atoms with Gasteiger partial charge in [-0.1, -0.05) is 43.3 Å². The van der Waals surface area contributed by atoms with Crippen LogP contribution < -0.4 is 5.32 Å². The van der Waals surface area contributed by atoms with Crippen LogP contribution in [0, 0.1) is 13.8 Å². The lowest BCUT2D eigenvalue weighted by atomic mass is 9.88. The molecular formula is C31H34N4O. The lowest BCUT2D eigenvalue weighted by molar-refractivity contribution is 0.175. The molecule has 3 heterocycles. The predicted molar refractivity (Wildman–Crippen MR) is 149 cm³/mol. The Labute approximate surface area is 213 Å². The molecule has 2 aromatic carbocycles. The van der Waals surface area contributed by atoms with Gasteiger partial charge in [-0.3, -0.25) is 9.88 Å². The number of likely N-dealkylation sites (tertiary alicyclic amines) is 1. The van der Waals surface area contributed by atoms with E-state index in [0.717, 1.165) is 54.0 Å². The molecule has 1 fully saturated rings. The Kier molecular flexibility index (Phi) is 6.86. The summed E-state index contributed by atoms with van der Waals surface area (Å²) in [6, 6.07) is 17.1. The number of nitrogens with zero attached hydrogens (tertiary/aromatic N) is 3. The zero-order valence-corrected chi connectivity index (χ0v) is 21.3. The first kappa shape index (κ1) is 24.2. The highest BCUT2D eigenvalue weighted by Gasteiger charge is 2.20. The maximum Gasteiger partial charge on any atom is 0.156 e. The minimum absolute atomic E-state index is 0.214. The van der Waals surface area contributed by atoms with Crippen LogP contribution in [0.3, 0.4) is 0 Å². The molecule has 1 aliphatic rings. The van der Waals surface area contributed by atoms with Gasteiger partial charge >= 0.3 is 0 Å². The second-order valence-corrected chi connectivity index (χ2v) is 9.90. The number of hydrogen-bond donors (Lipinski definition) is 2. The highest BCUT2D eigenvalue weighted by molar-refractivity contribution is 5.91. The summed E-state index contributed by atoms with van der Waals surface area (Å²) in [7, 11) is 0. The molecular weight excluding hydrogens is 444 g/mol. The number of aliphatic hydroxyl groups is 1. The van der Waals surface area contributed by atoms with Crippen molar-refractivity contribution in [3.05, 3.63) is 95.8 Å². The molecule has 2 aromatic heterocycles. The molecule has 2 N–H and O–H groups in total. The van der Waals surface area contributed by atoms with Crippen LogP contribution in [0.2, 0.25) is 0 Å². The second kappa shape index (κ2) is 10.2. The molecule has 5 rings (SSSR count). The summed E-state index contributed by atoms with van der Waals surface area (Å²) in [5.74, 6) is 1.06. The van der Waals surface area contributed by atoms with E-state index in [1.807, 2.05) is 24.5 Å². The van der Waals surface area contributed by atoms with Gasteiger partial charge in [-0.15, -0.1) is 6.58 Å². The van der Waals surface area contributed by atoms with E-state index >= 15 is 0 Å². The first-order valence-corrected chi connectivity index (χ1v) is 12.7. The van der Waals surface area contributed by atoms with Crippen molar-refractivity contribution in [2.45, 2.75) is 45.8 Å². The first-order chi connectivity index (χ1) is 17.4. The summed E-state index contributed by atoms with van der Waals surface area (Å²) < 4.78 is 0. The fourth-order valence-corrected chi connectivity index (χ4v) is 5.25. The van der Waals surface area contributed by atoms with Gasteiger partial charge in [0.1, 0.15) is 5.52 Å². The summed E-state index contributed by atoms with van der Waals surface area (Å²) in [6.45, 7) is 13.0. The maximum atomic E-state index is 9.83. The number of aromatic nitrogens is 2. The van der Waals surface area contributed by atoms with Crippen molar-refractivity contribution in [2.75, 3.05) is 18.4 Å². The normalized spacial score (nSPS) is 16.8. The molecule has 0 aliphatic carbocycles. The molecule has 0 spiro atoms. The van der Waals surface area contributed by atoms with E-state index in [1.54, 1.807) is 0 Å². The van der Waals surface area contributed by atoms with Crippen LogP contribution in [0.4, 0.5) is 11.5 Å². The molecule has 0 bridgehead atoms. The topological polar surface area (TPSA) is 61.3 Å². The van der Waals surface area contributed by atoms with E-state index in [1.165, 1.54) is 27.8 Å². The zero-order valence-electron chi connectivity index (χ0n) is 21.3. The summed E-state index contributed by atoms with van der Waals surface area (Å²) in [5, 5.41) is 14.4. The minimum Gasteiger partial charge on any atom is -0.392 e. The van der Waals surface area contributed by atoms with Crippen LogP contribution in [-0.4, -0.2) is 39.2 Å². The van der Waals surface area contributed by atoms with Gasteiger partial charge in [-0.2, -0.15) is 0 Å². The minimum atomic E-state index is -0.214. The molecule has 5 nitrogen and oxygen atoms in total. The molecule has 36 heavy (non-hydrogen) atoms. The van der Waals surface area contributed by atoms with E-state index in [9.17, 15) is 5.11 Å². The summed E-state index contributed by atoms with van der Waals surface area (Å²) >= 11 is 0. The van der Waals surface area contributed by atoms with Gasteiger partial charge < -0.3 is 10.4 Å². The fourth-order valence-electron chi connectivity index (χ4n) is 5.25. The molecule has 0 radical (unpaired) electrons. The maximum absolute atomic E-state index is 9.83. The number of allylic oxidation sites excluding steroid dienone is 1. The van der Waals surface area contributed by atoms with E-state index < -0.39 is 0 Å². The lowest BCUT2D eigenvalue weighted by Gasteiger charge is -2.18. The monoisotopic (exact) mass is 478 g/mol. The van der Waals surface area contributed by atoms with Crippen molar-refractivity contribution in [3.8, 4) is 11.1 Å². The quantitative estimate of drug-likeness (QED) is 0.296. The summed E-state index contributed by atoms with van der Waals surface area (Å²) in [4.78, 5) is 11.7. The number of aliphatic hydroxyl groups excluding tert-OH is 1. The third kappa shape index (κ3) is 4.77. The number of hydrogen-bond acceptors (Lipinski definition) is 5. The zero-order chi connectivity index (χ0) is 25.2. The Balaban J connectivity index is 1.45. The highest BCUT2D eigenvalue weighted by atomic mass is 16.3. The average molecular weight is 479 g/mol. The fraction of sp³-hybridized carbons (Fsp3) is 0.290. The second-order valence-electron chi connectivity index (χ2n) is 9.90. The van der Waals surface area contributed by atoms with Gasteiger partial charge in [0.25, 0.3) is 0 Å². The van der Waals surface area contributed by atoms with Crippen LogP contribution in [-0.2, 0) is 6.54 Å². The van der Waals surface area contributed by atoms with Crippen LogP contribution >= 0.6 is 0 Å². The van der Waals surface area contributed by atoms with Gasteiger partial charge in [0, 0.05) is 43.1 Å². The van der Waals surface area contributed by atoms with E-state index in [-0.39, 0.29) is 6.10 Å². The first-order valence-electron chi connectivity index (χ1n) is 12.7. The van der Waals surface area contributed by atoms with Crippen molar-refractivity contribution in [1.29, 1.82) is 0 Å². The van der Waals surface area contributed by atoms with E-state index in [0.29, 0.717) is 5.92 Å². The van der Waals surface area contributed by atoms with Crippen LogP contribution in [0.1, 0.15) is 41.5 Å². The lowest BCUT2D eigenvalue weighted by Crippen LogP contribution is -2.21. The summed E-state index contributed by atoms with van der Waals surface area (Å²) in [5.41, 5.74) is 9.23. The van der Waals surface area contributed by atoms with Gasteiger partial charge in [-0.05, 0) is 77.8 Å². The van der Waals surface area contributed by atoms with Crippen molar-refractivity contribution < 1.29 is 5.11 Å². The van der Waals surface area contributed by atoms with Crippen molar-refractivity contribution in [3.63, 3.8) is 0 Å². The molecule has 4 aromatic rings. The number of β-amino-alcohol motifs (C(OH)–C–C–N with tert-alkyl or cyclic N) is 1. The van der Waals surface area contributed by atoms with Crippen LogP contribution in [0.15, 0.2) is 73.6 Å². The molecule has 1 aliphatic heterocycles. The van der Waals surface area contributed by atoms with Crippen molar-refractivity contribution >= 4 is 22.4 Å². The standard InChI is InChI=1S/C31H34N4O/c1-5-20(2)26-8-6-9-27(21(26)3)28-10-7-11-29(22(28)4)34-31-30-24(12-14-32-31)16-23(17-33-30)18-35-15-13-25(36)19-35/h5-12,14,16-17,20,25,36H,1,13,15,18-19H2,2-4H3,(H,32,34)/t20?,25-/m1/s1. The molecule has 2 atom stereocenters. The molecule has 0 amide bonds. The Bertz CT molecular complexity index is 1410. The van der Waals surface area contributed by atoms with Crippen molar-refractivity contribution in [1.82, 2.24) is 14.9 Å². The van der Waals surface area contributed by atoms with Gasteiger partial charge in [0.2, 0.25) is 0 Å². The van der Waals surface area contributed by atoms with Crippen molar-refractivity contribution in [2.24, 2.45) is 0 Å². The number of pyridine rings is 2. The largest absolute Gasteiger partial charge is 0.392 e. The molecule has 1 unspecified atom stereocenters. The molecule has 184 valence electrons. The smallest absolute Gasteiger partial charge is 0.156 e. The number of nitrogens with one attached hydrogen (secondary N) is 1. The van der Waals surface area contributed by atoms with E-state index in [4.69, 9.17) is 4.98 Å². The summed E-state index contributed by atoms with van der Waals surface area (Å²) in [6.07, 6.45) is 6.39. The third-order valence-electron chi connectivity index (χ3n) is 7.41. The van der Waals surface area contributed by atoms with Crippen LogP contribution in [0.25, 0.3) is 22.0 Å². The van der Waals surface area contributed by atoms with Crippen LogP contribution in [0.5, 0.6) is 0 Å². The van der Waals surface area contributed by atoms with Gasteiger partial charge in [0.05, 0.1) is 6.10 Å². The van der Waals surface area contributed by atoms with Gasteiger partial charge in [0.15, 0.2) is 5.82 Å². The molecule has 5 heteroatoms. The number of rotatable bonds is 7. The third-order valence-corrected chi connectivity index (χ3v) is 7.41. The molecule has 1 saturated heterocycles. The SMILES string of the molecule is C=CC(C)c1cccc(-c2cccc(Nc3nccc4cc(CN5CC[C@@H](O)C5)cnc34)c2C)c1C. The number of anilines is 2. The number of benzene rings is 2. The number of fused-ring (bicyclic) bond motifs is 1.